The summed E-state index contributed by atoms with van der Waals surface area (Å²) >= 11 is 0. The maximum atomic E-state index is 12.7. The quantitative estimate of drug-likeness (QED) is 0.859. The number of hydrogen-bond donors (Lipinski definition) is 2. The highest BCUT2D eigenvalue weighted by atomic mass is 16.2. The molecular formula is C20H27N5O. The van der Waals surface area contributed by atoms with E-state index in [0.29, 0.717) is 0 Å². The minimum atomic E-state index is -1.03. The summed E-state index contributed by atoms with van der Waals surface area (Å²) in [5.74, 6) is 0.840. The normalized spacial score (nSPS) is 17.6. The molecule has 1 aliphatic heterocycles. The first-order valence-electron chi connectivity index (χ1n) is 9.22. The van der Waals surface area contributed by atoms with E-state index >= 15 is 0 Å². The van der Waals surface area contributed by atoms with Crippen LogP contribution in [0.4, 0.5) is 5.82 Å². The highest BCUT2D eigenvalue weighted by Gasteiger charge is 2.32. The molecule has 0 bridgehead atoms. The molecule has 0 spiro atoms. The number of nitrogens with zero attached hydrogens (tertiary/aromatic N) is 3. The monoisotopic (exact) mass is 353 g/mol. The Kier molecular flexibility index (Phi) is 5.52. The van der Waals surface area contributed by atoms with Crippen LogP contribution in [0.2, 0.25) is 0 Å². The third kappa shape index (κ3) is 4.02. The summed E-state index contributed by atoms with van der Waals surface area (Å²) in [5.41, 5.74) is 7.15. The van der Waals surface area contributed by atoms with Gasteiger partial charge in [-0.1, -0.05) is 37.3 Å². The van der Waals surface area contributed by atoms with Crippen LogP contribution < -0.4 is 16.0 Å². The third-order valence-electron chi connectivity index (χ3n) is 5.07. The van der Waals surface area contributed by atoms with Gasteiger partial charge in [-0.3, -0.25) is 4.79 Å². The van der Waals surface area contributed by atoms with Gasteiger partial charge in [-0.25, -0.2) is 9.97 Å². The smallest absolute Gasteiger partial charge is 0.244 e. The summed E-state index contributed by atoms with van der Waals surface area (Å²) in [4.78, 5) is 23.6. The molecule has 3 N–H and O–H groups in total. The van der Waals surface area contributed by atoms with E-state index in [1.165, 1.54) is 0 Å². The lowest BCUT2D eigenvalue weighted by Crippen LogP contribution is -2.54. The molecule has 1 aromatic carbocycles. The highest BCUT2D eigenvalue weighted by Crippen LogP contribution is 2.21. The number of rotatable bonds is 5. The van der Waals surface area contributed by atoms with Crippen LogP contribution in [-0.2, 0) is 16.8 Å². The fourth-order valence-corrected chi connectivity index (χ4v) is 3.26. The van der Waals surface area contributed by atoms with Crippen LogP contribution >= 0.6 is 0 Å². The molecule has 0 radical (unpaired) electrons. The fraction of sp³-hybridized carbons (Fsp3) is 0.450. The van der Waals surface area contributed by atoms with Gasteiger partial charge in [-0.05, 0) is 31.7 Å². The van der Waals surface area contributed by atoms with Crippen LogP contribution in [0.3, 0.4) is 0 Å². The summed E-state index contributed by atoms with van der Waals surface area (Å²) in [6.07, 6.45) is 4.28. The Bertz CT molecular complexity index is 739. The minimum Gasteiger partial charge on any atom is -0.356 e. The Morgan fingerprint density at radius 2 is 1.96 bits per heavy atom. The SMILES string of the molecule is CCc1cc(N2CCC(NC(=O)C(C)(N)c3ccccc3)CC2)ncn1. The first kappa shape index (κ1) is 18.3. The van der Waals surface area contributed by atoms with Crippen molar-refractivity contribution in [3.8, 4) is 0 Å². The predicted molar refractivity (Wildman–Crippen MR) is 103 cm³/mol. The number of nitrogens with two attached hydrogens (primary N) is 1. The molecule has 1 saturated heterocycles. The maximum Gasteiger partial charge on any atom is 0.244 e. The van der Waals surface area contributed by atoms with Gasteiger partial charge in [0.25, 0.3) is 0 Å². The van der Waals surface area contributed by atoms with Crippen molar-refractivity contribution in [2.75, 3.05) is 18.0 Å². The molecule has 1 aromatic heterocycles. The van der Waals surface area contributed by atoms with Crippen LogP contribution in [0.15, 0.2) is 42.7 Å². The van der Waals surface area contributed by atoms with Crippen LogP contribution in [0, 0.1) is 0 Å². The van der Waals surface area contributed by atoms with E-state index in [-0.39, 0.29) is 11.9 Å². The number of hydrogen-bond acceptors (Lipinski definition) is 5. The van der Waals surface area contributed by atoms with Crippen molar-refractivity contribution >= 4 is 11.7 Å². The van der Waals surface area contributed by atoms with Gasteiger partial charge in [0.05, 0.1) is 0 Å². The number of anilines is 1. The van der Waals surface area contributed by atoms with Gasteiger partial charge in [-0.2, -0.15) is 0 Å². The van der Waals surface area contributed by atoms with Crippen molar-refractivity contribution in [2.24, 2.45) is 5.73 Å². The van der Waals surface area contributed by atoms with E-state index < -0.39 is 5.54 Å². The van der Waals surface area contributed by atoms with Crippen molar-refractivity contribution in [3.63, 3.8) is 0 Å². The van der Waals surface area contributed by atoms with E-state index in [1.807, 2.05) is 36.4 Å². The average molecular weight is 353 g/mol. The van der Waals surface area contributed by atoms with Crippen LogP contribution in [0.25, 0.3) is 0 Å². The Balaban J connectivity index is 1.57. The third-order valence-corrected chi connectivity index (χ3v) is 5.07. The molecule has 0 saturated carbocycles. The summed E-state index contributed by atoms with van der Waals surface area (Å²) in [5, 5.41) is 3.13. The Labute approximate surface area is 154 Å². The number of carbonyl (C=O) groups excluding carboxylic acids is 1. The zero-order chi connectivity index (χ0) is 18.6. The lowest BCUT2D eigenvalue weighted by molar-refractivity contribution is -0.127. The number of carbonyl (C=O) groups is 1. The topological polar surface area (TPSA) is 84.1 Å². The second-order valence-electron chi connectivity index (χ2n) is 7.02. The summed E-state index contributed by atoms with van der Waals surface area (Å²) in [6.45, 7) is 5.57. The molecule has 1 atom stereocenters. The van der Waals surface area contributed by atoms with Crippen LogP contribution in [-0.4, -0.2) is 35.0 Å². The summed E-state index contributed by atoms with van der Waals surface area (Å²) in [7, 11) is 0. The number of amides is 1. The van der Waals surface area contributed by atoms with Crippen molar-refractivity contribution in [3.05, 3.63) is 54.0 Å². The van der Waals surface area contributed by atoms with Gasteiger partial charge < -0.3 is 16.0 Å². The molecule has 3 rings (SSSR count). The molecule has 1 fully saturated rings. The van der Waals surface area contributed by atoms with E-state index in [0.717, 1.165) is 49.4 Å². The predicted octanol–water partition coefficient (Wildman–Crippen LogP) is 2.00. The number of aryl methyl sites for hydroxylation is 1. The van der Waals surface area contributed by atoms with Gasteiger partial charge >= 0.3 is 0 Å². The standard InChI is InChI=1S/C20H27N5O/c1-3-16-13-18(23-14-22-16)25-11-9-17(10-12-25)24-19(26)20(2,21)15-7-5-4-6-8-15/h4-8,13-14,17H,3,9-12,21H2,1-2H3,(H,24,26). The second-order valence-corrected chi connectivity index (χ2v) is 7.02. The number of benzene rings is 1. The second kappa shape index (κ2) is 7.83. The molecule has 26 heavy (non-hydrogen) atoms. The summed E-state index contributed by atoms with van der Waals surface area (Å²) < 4.78 is 0. The number of piperidine rings is 1. The van der Waals surface area contributed by atoms with Crippen molar-refractivity contribution in [1.82, 2.24) is 15.3 Å². The molecule has 1 aliphatic rings. The van der Waals surface area contributed by atoms with E-state index in [9.17, 15) is 4.79 Å². The molecule has 2 aromatic rings. The number of aromatic nitrogens is 2. The van der Waals surface area contributed by atoms with Gasteiger partial charge in [0, 0.05) is 30.9 Å². The minimum absolute atomic E-state index is 0.127. The first-order chi connectivity index (χ1) is 12.5. The summed E-state index contributed by atoms with van der Waals surface area (Å²) in [6, 6.07) is 11.7. The van der Waals surface area contributed by atoms with Crippen LogP contribution in [0.1, 0.15) is 37.9 Å². The van der Waals surface area contributed by atoms with Gasteiger partial charge in [0.15, 0.2) is 0 Å². The molecule has 6 heteroatoms. The zero-order valence-electron chi connectivity index (χ0n) is 15.5. The Morgan fingerprint density at radius 3 is 2.62 bits per heavy atom. The molecular weight excluding hydrogens is 326 g/mol. The lowest BCUT2D eigenvalue weighted by atomic mass is 9.91. The maximum absolute atomic E-state index is 12.7. The van der Waals surface area contributed by atoms with Crippen molar-refractivity contribution < 1.29 is 4.79 Å². The van der Waals surface area contributed by atoms with Gasteiger partial charge in [0.2, 0.25) is 5.91 Å². The lowest BCUT2D eigenvalue weighted by Gasteiger charge is -2.35. The highest BCUT2D eigenvalue weighted by molar-refractivity contribution is 5.87. The molecule has 6 nitrogen and oxygen atoms in total. The first-order valence-corrected chi connectivity index (χ1v) is 9.22. The van der Waals surface area contributed by atoms with Crippen molar-refractivity contribution in [2.45, 2.75) is 44.7 Å². The van der Waals surface area contributed by atoms with Crippen LogP contribution in [0.5, 0.6) is 0 Å². The molecule has 138 valence electrons. The molecule has 1 amide bonds. The average Bonchev–Trinajstić information content (AvgIpc) is 2.69. The van der Waals surface area contributed by atoms with Crippen molar-refractivity contribution in [1.29, 1.82) is 0 Å². The molecule has 2 heterocycles. The Morgan fingerprint density at radius 1 is 1.27 bits per heavy atom. The number of nitrogens with one attached hydrogen (secondary N) is 1. The Hall–Kier alpha value is -2.47. The van der Waals surface area contributed by atoms with E-state index in [4.69, 9.17) is 5.73 Å². The fourth-order valence-electron chi connectivity index (χ4n) is 3.26. The van der Waals surface area contributed by atoms with E-state index in [1.54, 1.807) is 13.3 Å². The zero-order valence-corrected chi connectivity index (χ0v) is 15.5. The largest absolute Gasteiger partial charge is 0.356 e. The molecule has 1 unspecified atom stereocenters. The van der Waals surface area contributed by atoms with Gasteiger partial charge in [0.1, 0.15) is 17.7 Å². The van der Waals surface area contributed by atoms with Gasteiger partial charge in [-0.15, -0.1) is 0 Å². The van der Waals surface area contributed by atoms with E-state index in [2.05, 4.69) is 27.1 Å². The molecule has 0 aliphatic carbocycles.